The first-order chi connectivity index (χ1) is 59.5. The Hall–Kier alpha value is -9.50. The molecular weight excluding hydrogens is 1490 g/mol. The van der Waals surface area contributed by atoms with Crippen molar-refractivity contribution in [3.63, 3.8) is 0 Å². The molecule has 5 aliphatic rings. The van der Waals surface area contributed by atoms with Crippen molar-refractivity contribution >= 4 is 0 Å². The summed E-state index contributed by atoms with van der Waals surface area (Å²) in [7, 11) is 8.39. The van der Waals surface area contributed by atoms with E-state index >= 15 is 0 Å². The van der Waals surface area contributed by atoms with Gasteiger partial charge in [0.2, 0.25) is 0 Å². The third-order valence-corrected chi connectivity index (χ3v) is 26.9. The van der Waals surface area contributed by atoms with Crippen molar-refractivity contribution in [3.8, 4) is 85.7 Å². The number of hydrogen-bond acceptors (Lipinski definition) is 15. The minimum Gasteiger partial charge on any atom is -0.497 e. The maximum absolute atomic E-state index is 5.21. The quantitative estimate of drug-likeness (QED) is 0.0375. The molecular formula is C106H142N10O5. The van der Waals surface area contributed by atoms with E-state index in [0.717, 1.165) is 115 Å². The predicted molar refractivity (Wildman–Crippen MR) is 496 cm³/mol. The van der Waals surface area contributed by atoms with E-state index in [1.165, 1.54) is 259 Å². The molecule has 10 aromatic rings. The molecule has 5 fully saturated rings. The van der Waals surface area contributed by atoms with Gasteiger partial charge >= 0.3 is 0 Å². The van der Waals surface area contributed by atoms with E-state index in [1.807, 2.05) is 183 Å². The van der Waals surface area contributed by atoms with Crippen molar-refractivity contribution in [2.45, 2.75) is 295 Å². The van der Waals surface area contributed by atoms with E-state index in [4.69, 9.17) is 23.7 Å². The summed E-state index contributed by atoms with van der Waals surface area (Å²) >= 11 is 0. The first-order valence-corrected chi connectivity index (χ1v) is 46.8. The maximum Gasteiger partial charge on any atom is 0.159 e. The van der Waals surface area contributed by atoms with Gasteiger partial charge < -0.3 is 23.7 Å². The molecule has 15 heteroatoms. The molecule has 5 aliphatic carbocycles. The van der Waals surface area contributed by atoms with Gasteiger partial charge in [-0.05, 0) is 337 Å². The van der Waals surface area contributed by atoms with Crippen molar-refractivity contribution in [3.05, 3.63) is 211 Å². The van der Waals surface area contributed by atoms with E-state index < -0.39 is 0 Å². The minimum absolute atomic E-state index is 0.645. The summed E-state index contributed by atoms with van der Waals surface area (Å²) in [4.78, 5) is 46.0. The van der Waals surface area contributed by atoms with Gasteiger partial charge in [-0.3, -0.25) is 0 Å². The van der Waals surface area contributed by atoms with Crippen LogP contribution in [0.15, 0.2) is 183 Å². The zero-order valence-electron chi connectivity index (χ0n) is 75.1. The summed E-state index contributed by atoms with van der Waals surface area (Å²) < 4.78 is 26.0. The fourth-order valence-electron chi connectivity index (χ4n) is 18.9. The molecule has 0 spiro atoms. The van der Waals surface area contributed by atoms with Crippen LogP contribution in [-0.4, -0.2) is 85.4 Å². The fourth-order valence-corrected chi connectivity index (χ4v) is 18.9. The van der Waals surface area contributed by atoms with Gasteiger partial charge in [0.05, 0.1) is 35.5 Å². The van der Waals surface area contributed by atoms with Crippen molar-refractivity contribution in [1.29, 1.82) is 0 Å². The number of unbranched alkanes of at least 4 members (excludes halogenated alkanes) is 7. The topological polar surface area (TPSA) is 175 Å². The standard InChI is InChI=1S/C24H34N2O.C22H30N2O.C21H28N2O.C20H26N2O.C19H24N2O/c1-3-4-5-6-7-8-19-9-11-20(12-10-19)22-17-25-24(26-18-22)21-13-15-23(27-2)16-14-21;1-3-4-5-6-17-7-9-18(10-8-17)20-15-23-22(24-16-20)19-11-13-21(25-2)14-12-19;1-3-4-5-16-6-8-17(9-7-16)19-14-22-21(23-15-19)18-10-12-20(24-2)13-11-18;1-3-4-15-5-7-16(8-6-15)18-13-21-20(22-14-18)17-9-11-19(23-2)12-10-17;1-3-14-4-6-15(7-5-14)17-12-20-19(21-13-17)16-8-10-18(22-2)11-9-16/h13-20H,3-12H2,1-2H3;11-18H,3-10H2,1-2H3;10-17H,3-9H2,1-2H3;9-16H,3-8H2,1-2H3;8-15H,3-7H2,1-2H3. The van der Waals surface area contributed by atoms with Gasteiger partial charge in [0.1, 0.15) is 28.7 Å². The number of hydrogen-bond donors (Lipinski definition) is 0. The number of nitrogens with zero attached hydrogens (tertiary/aromatic N) is 10. The lowest BCUT2D eigenvalue weighted by molar-refractivity contribution is 0.301. The van der Waals surface area contributed by atoms with Crippen LogP contribution in [-0.2, 0) is 0 Å². The third-order valence-electron chi connectivity index (χ3n) is 26.9. The van der Waals surface area contributed by atoms with Crippen molar-refractivity contribution in [2.75, 3.05) is 35.5 Å². The molecule has 5 aromatic carbocycles. The molecule has 0 saturated heterocycles. The summed E-state index contributed by atoms with van der Waals surface area (Å²) in [5.41, 5.74) is 11.7. The van der Waals surface area contributed by atoms with Crippen molar-refractivity contribution in [1.82, 2.24) is 49.8 Å². The smallest absolute Gasteiger partial charge is 0.159 e. The van der Waals surface area contributed by atoms with Gasteiger partial charge in [-0.25, -0.2) is 49.8 Å². The largest absolute Gasteiger partial charge is 0.497 e. The van der Waals surface area contributed by atoms with E-state index in [1.54, 1.807) is 35.5 Å². The Kier molecular flexibility index (Phi) is 38.7. The summed E-state index contributed by atoms with van der Waals surface area (Å²) in [5.74, 6) is 16.2. The Labute approximate surface area is 726 Å². The van der Waals surface area contributed by atoms with Gasteiger partial charge in [0, 0.05) is 89.8 Å². The molecule has 0 aliphatic heterocycles. The Morgan fingerprint density at radius 1 is 0.207 bits per heavy atom. The van der Waals surface area contributed by atoms with Gasteiger partial charge in [0.15, 0.2) is 29.1 Å². The van der Waals surface area contributed by atoms with Crippen LogP contribution in [0.2, 0.25) is 0 Å². The van der Waals surface area contributed by atoms with E-state index in [2.05, 4.69) is 84.5 Å². The van der Waals surface area contributed by atoms with Crippen LogP contribution in [0.25, 0.3) is 56.9 Å². The number of methoxy groups -OCH3 is 5. The highest BCUT2D eigenvalue weighted by atomic mass is 16.5. The molecule has 0 unspecified atom stereocenters. The Bertz CT molecular complexity index is 4420. The molecule has 646 valence electrons. The van der Waals surface area contributed by atoms with Crippen LogP contribution in [0.3, 0.4) is 0 Å². The molecule has 15 rings (SSSR count). The summed E-state index contributed by atoms with van der Waals surface area (Å²) in [6.45, 7) is 11.4. The zero-order chi connectivity index (χ0) is 84.6. The SMILES string of the molecule is CCC1CCC(c2cnc(-c3ccc(OC)cc3)nc2)CC1.CCCC1CCC(c2cnc(-c3ccc(OC)cc3)nc2)CC1.CCCCC1CCC(c2cnc(-c3ccc(OC)cc3)nc2)CC1.CCCCCC1CCC(c2cnc(-c3ccc(OC)cc3)nc2)CC1.CCCCCCCC1CCC(c2cnc(-c3ccc(OC)cc3)nc2)CC1. The molecule has 0 bridgehead atoms. The second-order valence-electron chi connectivity index (χ2n) is 35.0. The summed E-state index contributed by atoms with van der Waals surface area (Å²) in [6.07, 6.45) is 69.0. The van der Waals surface area contributed by atoms with Crippen LogP contribution in [0, 0.1) is 29.6 Å². The third kappa shape index (κ3) is 29.1. The molecule has 5 saturated carbocycles. The van der Waals surface area contributed by atoms with E-state index in [0.29, 0.717) is 29.6 Å². The lowest BCUT2D eigenvalue weighted by Gasteiger charge is -2.28. The van der Waals surface area contributed by atoms with Crippen LogP contribution < -0.4 is 23.7 Å². The lowest BCUT2D eigenvalue weighted by Crippen LogP contribution is -2.14. The molecule has 5 aromatic heterocycles. The van der Waals surface area contributed by atoms with Gasteiger partial charge in [-0.1, -0.05) is 137 Å². The van der Waals surface area contributed by atoms with Gasteiger partial charge in [-0.2, -0.15) is 0 Å². The minimum atomic E-state index is 0.645. The van der Waals surface area contributed by atoms with Gasteiger partial charge in [-0.15, -0.1) is 0 Å². The zero-order valence-corrected chi connectivity index (χ0v) is 75.1. The van der Waals surface area contributed by atoms with Crippen LogP contribution in [0.1, 0.15) is 323 Å². The normalized spacial score (nSPS) is 20.7. The molecule has 0 amide bonds. The van der Waals surface area contributed by atoms with Gasteiger partial charge in [0.25, 0.3) is 0 Å². The molecule has 0 atom stereocenters. The van der Waals surface area contributed by atoms with Crippen LogP contribution in [0.5, 0.6) is 28.7 Å². The Balaban J connectivity index is 0.000000148. The first-order valence-electron chi connectivity index (χ1n) is 46.8. The highest BCUT2D eigenvalue weighted by Crippen LogP contribution is 2.43. The second-order valence-corrected chi connectivity index (χ2v) is 35.0. The van der Waals surface area contributed by atoms with Crippen molar-refractivity contribution < 1.29 is 23.7 Å². The van der Waals surface area contributed by atoms with Crippen LogP contribution >= 0.6 is 0 Å². The predicted octanol–water partition coefficient (Wildman–Crippen LogP) is 28.5. The monoisotopic (exact) mass is 1640 g/mol. The molecule has 0 N–H and O–H groups in total. The summed E-state index contributed by atoms with van der Waals surface area (Å²) in [6, 6.07) is 39.6. The number of aromatic nitrogens is 10. The maximum atomic E-state index is 5.21. The highest BCUT2D eigenvalue weighted by Gasteiger charge is 2.28. The van der Waals surface area contributed by atoms with E-state index in [9.17, 15) is 0 Å². The fraction of sp³-hybridized carbons (Fsp3) is 0.528. The Morgan fingerprint density at radius 3 is 0.603 bits per heavy atom. The second kappa shape index (κ2) is 50.8. The lowest BCUT2D eigenvalue weighted by atomic mass is 9.77. The van der Waals surface area contributed by atoms with Crippen molar-refractivity contribution in [2.24, 2.45) is 29.6 Å². The summed E-state index contributed by atoms with van der Waals surface area (Å²) in [5, 5.41) is 0. The molecule has 0 radical (unpaired) electrons. The number of benzene rings is 5. The number of rotatable bonds is 31. The Morgan fingerprint density at radius 2 is 0.397 bits per heavy atom. The average molecular weight is 1640 g/mol. The average Bonchev–Trinajstić information content (AvgIpc) is 0.849. The van der Waals surface area contributed by atoms with E-state index in [-0.39, 0.29) is 0 Å². The molecule has 15 nitrogen and oxygen atoms in total. The molecule has 121 heavy (non-hydrogen) atoms. The molecule has 5 heterocycles. The number of ether oxygens (including phenoxy) is 5. The van der Waals surface area contributed by atoms with Crippen LogP contribution in [0.4, 0.5) is 0 Å². The first kappa shape index (κ1) is 92.2. The highest BCUT2D eigenvalue weighted by molar-refractivity contribution is 5.60.